The number of nitrogens with one attached hydrogen (secondary N) is 1. The highest BCUT2D eigenvalue weighted by Crippen LogP contribution is 2.27. The van der Waals surface area contributed by atoms with E-state index in [0.29, 0.717) is 23.2 Å². The minimum Gasteiger partial charge on any atom is -0.477 e. The molecule has 0 atom stereocenters. The summed E-state index contributed by atoms with van der Waals surface area (Å²) in [7, 11) is 0. The number of thiazole rings is 1. The molecule has 1 aliphatic rings. The van der Waals surface area contributed by atoms with Gasteiger partial charge in [-0.2, -0.15) is 5.10 Å². The molecule has 0 bridgehead atoms. The Labute approximate surface area is 124 Å². The SMILES string of the molecule is O=C(Nc1nc2ccccc2s1)c1cnn2c1OCCC2. The van der Waals surface area contributed by atoms with E-state index in [-0.39, 0.29) is 5.91 Å². The number of ether oxygens (including phenoxy) is 1. The summed E-state index contributed by atoms with van der Waals surface area (Å²) in [5.41, 5.74) is 1.33. The van der Waals surface area contributed by atoms with Gasteiger partial charge < -0.3 is 4.74 Å². The van der Waals surface area contributed by atoms with Crippen LogP contribution in [0.25, 0.3) is 10.2 Å². The quantitative estimate of drug-likeness (QED) is 0.789. The zero-order valence-electron chi connectivity index (χ0n) is 11.1. The van der Waals surface area contributed by atoms with Gasteiger partial charge in [-0.15, -0.1) is 0 Å². The summed E-state index contributed by atoms with van der Waals surface area (Å²) in [6.45, 7) is 1.40. The second kappa shape index (κ2) is 4.85. The maximum atomic E-state index is 12.3. The number of anilines is 1. The molecule has 4 rings (SSSR count). The highest BCUT2D eigenvalue weighted by atomic mass is 32.1. The molecule has 0 saturated heterocycles. The Kier molecular flexibility index (Phi) is 2.85. The first-order valence-corrected chi connectivity index (χ1v) is 7.48. The van der Waals surface area contributed by atoms with Crippen molar-refractivity contribution in [1.29, 1.82) is 0 Å². The Bertz CT molecular complexity index is 790. The minimum atomic E-state index is -0.239. The van der Waals surface area contributed by atoms with Crippen molar-refractivity contribution in [3.05, 3.63) is 36.0 Å². The van der Waals surface area contributed by atoms with Gasteiger partial charge in [-0.1, -0.05) is 23.5 Å². The minimum absolute atomic E-state index is 0.239. The molecule has 0 spiro atoms. The zero-order valence-corrected chi connectivity index (χ0v) is 11.9. The predicted molar refractivity (Wildman–Crippen MR) is 79.9 cm³/mol. The van der Waals surface area contributed by atoms with Crippen LogP contribution >= 0.6 is 11.3 Å². The number of hydrogen-bond donors (Lipinski definition) is 1. The monoisotopic (exact) mass is 300 g/mol. The van der Waals surface area contributed by atoms with Gasteiger partial charge in [0.1, 0.15) is 5.56 Å². The lowest BCUT2D eigenvalue weighted by atomic mass is 10.3. The molecule has 1 amide bonds. The predicted octanol–water partition coefficient (Wildman–Crippen LogP) is 2.53. The number of para-hydroxylation sites is 1. The van der Waals surface area contributed by atoms with Gasteiger partial charge in [-0.3, -0.25) is 10.1 Å². The lowest BCUT2D eigenvalue weighted by molar-refractivity contribution is 0.102. The molecule has 0 radical (unpaired) electrons. The second-order valence-corrected chi connectivity index (χ2v) is 5.76. The molecule has 0 saturated carbocycles. The Morgan fingerprint density at radius 2 is 2.29 bits per heavy atom. The third kappa shape index (κ3) is 2.15. The first-order valence-electron chi connectivity index (χ1n) is 6.67. The molecule has 7 heteroatoms. The number of aryl methyl sites for hydroxylation is 1. The molecule has 1 aliphatic heterocycles. The molecule has 2 aromatic heterocycles. The molecule has 6 nitrogen and oxygen atoms in total. The van der Waals surface area contributed by atoms with Crippen LogP contribution in [0.15, 0.2) is 30.5 Å². The lowest BCUT2D eigenvalue weighted by Crippen LogP contribution is -2.18. The summed E-state index contributed by atoms with van der Waals surface area (Å²) >= 11 is 1.45. The lowest BCUT2D eigenvalue weighted by Gasteiger charge is -2.15. The van der Waals surface area contributed by atoms with E-state index in [4.69, 9.17) is 4.74 Å². The topological polar surface area (TPSA) is 69.0 Å². The third-order valence-electron chi connectivity index (χ3n) is 3.30. The van der Waals surface area contributed by atoms with E-state index in [0.717, 1.165) is 23.2 Å². The number of fused-ring (bicyclic) bond motifs is 2. The average Bonchev–Trinajstić information content (AvgIpc) is 3.10. The Hall–Kier alpha value is -2.41. The number of rotatable bonds is 2. The summed E-state index contributed by atoms with van der Waals surface area (Å²) in [6, 6.07) is 7.78. The fourth-order valence-electron chi connectivity index (χ4n) is 2.31. The van der Waals surface area contributed by atoms with E-state index in [1.165, 1.54) is 11.3 Å². The van der Waals surface area contributed by atoms with Crippen LogP contribution < -0.4 is 10.1 Å². The zero-order chi connectivity index (χ0) is 14.2. The van der Waals surface area contributed by atoms with E-state index in [1.54, 1.807) is 10.9 Å². The number of carbonyl (C=O) groups is 1. The Morgan fingerprint density at radius 1 is 1.38 bits per heavy atom. The average molecular weight is 300 g/mol. The van der Waals surface area contributed by atoms with Gasteiger partial charge in [-0.05, 0) is 12.1 Å². The summed E-state index contributed by atoms with van der Waals surface area (Å²) < 4.78 is 8.30. The van der Waals surface area contributed by atoms with E-state index in [1.807, 2.05) is 24.3 Å². The second-order valence-electron chi connectivity index (χ2n) is 4.73. The molecule has 3 heterocycles. The molecule has 21 heavy (non-hydrogen) atoms. The van der Waals surface area contributed by atoms with Crippen LogP contribution in [0, 0.1) is 0 Å². The number of amides is 1. The summed E-state index contributed by atoms with van der Waals surface area (Å²) in [6.07, 6.45) is 2.46. The van der Waals surface area contributed by atoms with E-state index < -0.39 is 0 Å². The van der Waals surface area contributed by atoms with Crippen molar-refractivity contribution in [3.63, 3.8) is 0 Å². The highest BCUT2D eigenvalue weighted by Gasteiger charge is 2.22. The van der Waals surface area contributed by atoms with Crippen LogP contribution in [0.1, 0.15) is 16.8 Å². The van der Waals surface area contributed by atoms with Crippen LogP contribution in [0.4, 0.5) is 5.13 Å². The number of aromatic nitrogens is 3. The molecule has 1 N–H and O–H groups in total. The van der Waals surface area contributed by atoms with Crippen molar-refractivity contribution >= 4 is 32.6 Å². The van der Waals surface area contributed by atoms with Gasteiger partial charge in [0, 0.05) is 13.0 Å². The third-order valence-corrected chi connectivity index (χ3v) is 4.25. The standard InChI is InChI=1S/C14H12N4O2S/c19-12(9-8-15-18-6-3-7-20-13(9)18)17-14-16-10-4-1-2-5-11(10)21-14/h1-2,4-5,8H,3,6-7H2,(H,16,17,19). The van der Waals surface area contributed by atoms with Gasteiger partial charge in [0.25, 0.3) is 5.91 Å². The highest BCUT2D eigenvalue weighted by molar-refractivity contribution is 7.22. The van der Waals surface area contributed by atoms with Crippen molar-refractivity contribution in [3.8, 4) is 5.88 Å². The van der Waals surface area contributed by atoms with Gasteiger partial charge in [0.05, 0.1) is 23.0 Å². The van der Waals surface area contributed by atoms with Crippen LogP contribution in [0.2, 0.25) is 0 Å². The smallest absolute Gasteiger partial charge is 0.264 e. The molecule has 0 fully saturated rings. The maximum absolute atomic E-state index is 12.3. The van der Waals surface area contributed by atoms with Crippen molar-refractivity contribution in [2.45, 2.75) is 13.0 Å². The van der Waals surface area contributed by atoms with Gasteiger partial charge >= 0.3 is 0 Å². The largest absolute Gasteiger partial charge is 0.477 e. The van der Waals surface area contributed by atoms with Crippen LogP contribution in [-0.2, 0) is 6.54 Å². The van der Waals surface area contributed by atoms with Crippen LogP contribution in [0.3, 0.4) is 0 Å². The Morgan fingerprint density at radius 3 is 3.19 bits per heavy atom. The fourth-order valence-corrected chi connectivity index (χ4v) is 3.18. The maximum Gasteiger partial charge on any atom is 0.264 e. The molecular weight excluding hydrogens is 288 g/mol. The van der Waals surface area contributed by atoms with Crippen molar-refractivity contribution in [2.24, 2.45) is 0 Å². The van der Waals surface area contributed by atoms with Crippen LogP contribution in [-0.4, -0.2) is 27.3 Å². The molecule has 3 aromatic rings. The van der Waals surface area contributed by atoms with E-state index in [2.05, 4.69) is 15.4 Å². The first-order chi connectivity index (χ1) is 10.3. The fraction of sp³-hybridized carbons (Fsp3) is 0.214. The Balaban J connectivity index is 1.62. The molecular formula is C14H12N4O2S. The molecule has 0 unspecified atom stereocenters. The number of benzene rings is 1. The van der Waals surface area contributed by atoms with Crippen LogP contribution in [0.5, 0.6) is 5.88 Å². The normalized spacial score (nSPS) is 13.7. The van der Waals surface area contributed by atoms with Crippen molar-refractivity contribution < 1.29 is 9.53 Å². The number of hydrogen-bond acceptors (Lipinski definition) is 5. The molecule has 106 valence electrons. The molecule has 0 aliphatic carbocycles. The van der Waals surface area contributed by atoms with Crippen molar-refractivity contribution in [2.75, 3.05) is 11.9 Å². The first kappa shape index (κ1) is 12.3. The van der Waals surface area contributed by atoms with Gasteiger partial charge in [0.15, 0.2) is 5.13 Å². The summed E-state index contributed by atoms with van der Waals surface area (Å²) in [5, 5.41) is 7.58. The van der Waals surface area contributed by atoms with Gasteiger partial charge in [0.2, 0.25) is 5.88 Å². The van der Waals surface area contributed by atoms with E-state index >= 15 is 0 Å². The van der Waals surface area contributed by atoms with Crippen molar-refractivity contribution in [1.82, 2.24) is 14.8 Å². The molecule has 1 aromatic carbocycles. The van der Waals surface area contributed by atoms with E-state index in [9.17, 15) is 4.79 Å². The van der Waals surface area contributed by atoms with Gasteiger partial charge in [-0.25, -0.2) is 9.67 Å². The summed E-state index contributed by atoms with van der Waals surface area (Å²) in [4.78, 5) is 16.7. The summed E-state index contributed by atoms with van der Waals surface area (Å²) in [5.74, 6) is 0.303. The number of carbonyl (C=O) groups excluding carboxylic acids is 1. The number of nitrogens with zero attached hydrogens (tertiary/aromatic N) is 3.